The summed E-state index contributed by atoms with van der Waals surface area (Å²) in [7, 11) is 0. The smallest absolute Gasteiger partial charge is 0.204 e. The predicted molar refractivity (Wildman–Crippen MR) is 77.5 cm³/mol. The van der Waals surface area contributed by atoms with Gasteiger partial charge >= 0.3 is 0 Å². The van der Waals surface area contributed by atoms with Crippen LogP contribution in [0.25, 0.3) is 21.9 Å². The average Bonchev–Trinajstić information content (AvgIpc) is 2.34. The molecule has 20 heavy (non-hydrogen) atoms. The summed E-state index contributed by atoms with van der Waals surface area (Å²) in [6.07, 6.45) is 0. The average molecular weight is 270 g/mol. The first-order chi connectivity index (χ1) is 9.40. The third-order valence-electron chi connectivity index (χ3n) is 3.86. The lowest BCUT2D eigenvalue weighted by molar-refractivity contribution is 0.453. The van der Waals surface area contributed by atoms with Crippen LogP contribution in [-0.2, 0) is 0 Å². The summed E-state index contributed by atoms with van der Waals surface area (Å²) in [5, 5.41) is 20.0. The van der Waals surface area contributed by atoms with E-state index >= 15 is 0 Å². The first-order valence-corrected chi connectivity index (χ1v) is 6.29. The van der Waals surface area contributed by atoms with E-state index in [1.54, 1.807) is 6.07 Å². The molecule has 0 aliphatic carbocycles. The van der Waals surface area contributed by atoms with Gasteiger partial charge in [-0.05, 0) is 43.5 Å². The van der Waals surface area contributed by atoms with Crippen molar-refractivity contribution in [1.82, 2.24) is 0 Å². The van der Waals surface area contributed by atoms with Gasteiger partial charge in [0, 0.05) is 12.1 Å². The van der Waals surface area contributed by atoms with Gasteiger partial charge in [0.25, 0.3) is 0 Å². The molecule has 0 amide bonds. The second kappa shape index (κ2) is 4.00. The molecule has 2 aromatic carbocycles. The Labute approximate surface area is 114 Å². The molecule has 0 saturated heterocycles. The van der Waals surface area contributed by atoms with Crippen LogP contribution in [0.2, 0.25) is 0 Å². The summed E-state index contributed by atoms with van der Waals surface area (Å²) in [5.74, 6) is -0.411. The zero-order valence-corrected chi connectivity index (χ0v) is 11.4. The first-order valence-electron chi connectivity index (χ1n) is 6.29. The van der Waals surface area contributed by atoms with Crippen LogP contribution in [0.15, 0.2) is 27.4 Å². The first kappa shape index (κ1) is 12.5. The van der Waals surface area contributed by atoms with Gasteiger partial charge in [0.2, 0.25) is 5.43 Å². The fourth-order valence-electron chi connectivity index (χ4n) is 2.55. The van der Waals surface area contributed by atoms with Crippen LogP contribution in [-0.4, -0.2) is 10.2 Å². The highest BCUT2D eigenvalue weighted by Crippen LogP contribution is 2.31. The maximum absolute atomic E-state index is 12.6. The Hall–Kier alpha value is -2.49. The molecule has 0 unspecified atom stereocenters. The van der Waals surface area contributed by atoms with Crippen LogP contribution in [0.3, 0.4) is 0 Å². The van der Waals surface area contributed by atoms with E-state index < -0.39 is 0 Å². The fourth-order valence-corrected chi connectivity index (χ4v) is 2.55. The molecule has 0 radical (unpaired) electrons. The van der Waals surface area contributed by atoms with Crippen LogP contribution in [0.4, 0.5) is 0 Å². The molecular formula is C16H14O4. The minimum atomic E-state index is -0.278. The van der Waals surface area contributed by atoms with Crippen molar-refractivity contribution in [3.63, 3.8) is 0 Å². The highest BCUT2D eigenvalue weighted by Gasteiger charge is 2.16. The normalized spacial score (nSPS) is 11.3. The van der Waals surface area contributed by atoms with Gasteiger partial charge in [0.15, 0.2) is 0 Å². The minimum absolute atomic E-state index is 0.0988. The zero-order valence-electron chi connectivity index (χ0n) is 11.4. The van der Waals surface area contributed by atoms with E-state index in [-0.39, 0.29) is 27.9 Å². The fraction of sp³-hybridized carbons (Fsp3) is 0.188. The number of hydrogen-bond donors (Lipinski definition) is 2. The molecule has 4 nitrogen and oxygen atoms in total. The molecule has 0 bridgehead atoms. The van der Waals surface area contributed by atoms with Crippen LogP contribution in [0.5, 0.6) is 11.5 Å². The molecule has 0 spiro atoms. The Morgan fingerprint density at radius 2 is 1.55 bits per heavy atom. The summed E-state index contributed by atoms with van der Waals surface area (Å²) in [6, 6.07) is 4.28. The van der Waals surface area contributed by atoms with Gasteiger partial charge in [-0.3, -0.25) is 4.79 Å². The maximum Gasteiger partial charge on any atom is 0.204 e. The number of phenols is 2. The molecule has 1 heterocycles. The lowest BCUT2D eigenvalue weighted by Crippen LogP contribution is -2.06. The molecule has 0 aliphatic rings. The summed E-state index contributed by atoms with van der Waals surface area (Å²) >= 11 is 0. The van der Waals surface area contributed by atoms with Crippen molar-refractivity contribution in [3.05, 3.63) is 45.1 Å². The quantitative estimate of drug-likeness (QED) is 0.615. The third kappa shape index (κ3) is 1.58. The van der Waals surface area contributed by atoms with Gasteiger partial charge in [-0.1, -0.05) is 0 Å². The highest BCUT2D eigenvalue weighted by atomic mass is 16.3. The molecule has 0 atom stereocenters. The number of phenolic OH excluding ortho intramolecular Hbond substituents is 2. The number of rotatable bonds is 0. The molecule has 0 saturated carbocycles. The van der Waals surface area contributed by atoms with E-state index in [4.69, 9.17) is 4.42 Å². The number of aryl methyl sites for hydroxylation is 2. The predicted octanol–water partition coefficient (Wildman–Crippen LogP) is 3.28. The summed E-state index contributed by atoms with van der Waals surface area (Å²) in [6.45, 7) is 5.77. The summed E-state index contributed by atoms with van der Waals surface area (Å²) < 4.78 is 5.69. The van der Waals surface area contributed by atoms with Crippen molar-refractivity contribution in [1.29, 1.82) is 0 Å². The summed E-state index contributed by atoms with van der Waals surface area (Å²) in [4.78, 5) is 12.6. The van der Waals surface area contributed by atoms with Gasteiger partial charge in [-0.15, -0.1) is 0 Å². The van der Waals surface area contributed by atoms with E-state index in [1.165, 1.54) is 6.07 Å². The Balaban J connectivity index is 2.65. The standard InChI is InChI=1S/C16H14O4/c1-7-4-12-14(9(3)8(7)2)16(19)15-11(18)5-10(17)6-13(15)20-12/h4-6,17-18H,1-3H3. The maximum atomic E-state index is 12.6. The van der Waals surface area contributed by atoms with Crippen molar-refractivity contribution in [2.45, 2.75) is 20.8 Å². The van der Waals surface area contributed by atoms with Crippen LogP contribution in [0.1, 0.15) is 16.7 Å². The Morgan fingerprint density at radius 1 is 0.900 bits per heavy atom. The highest BCUT2D eigenvalue weighted by molar-refractivity contribution is 5.95. The van der Waals surface area contributed by atoms with E-state index in [0.29, 0.717) is 11.0 Å². The summed E-state index contributed by atoms with van der Waals surface area (Å²) in [5.41, 5.74) is 3.28. The Bertz CT molecular complexity index is 920. The monoisotopic (exact) mass is 270 g/mol. The van der Waals surface area contributed by atoms with Crippen LogP contribution >= 0.6 is 0 Å². The second-order valence-electron chi connectivity index (χ2n) is 5.09. The van der Waals surface area contributed by atoms with Crippen molar-refractivity contribution in [2.24, 2.45) is 0 Å². The van der Waals surface area contributed by atoms with Crippen molar-refractivity contribution < 1.29 is 14.6 Å². The van der Waals surface area contributed by atoms with Gasteiger partial charge in [-0.25, -0.2) is 0 Å². The molecule has 0 fully saturated rings. The zero-order chi connectivity index (χ0) is 14.6. The van der Waals surface area contributed by atoms with E-state index in [9.17, 15) is 15.0 Å². The number of aromatic hydroxyl groups is 2. The van der Waals surface area contributed by atoms with E-state index in [2.05, 4.69) is 0 Å². The SMILES string of the molecule is Cc1cc2oc3cc(O)cc(O)c3c(=O)c2c(C)c1C. The minimum Gasteiger partial charge on any atom is -0.508 e. The Kier molecular flexibility index (Phi) is 2.51. The van der Waals surface area contributed by atoms with E-state index in [1.807, 2.05) is 20.8 Å². The number of benzene rings is 2. The molecular weight excluding hydrogens is 256 g/mol. The van der Waals surface area contributed by atoms with Gasteiger partial charge < -0.3 is 14.6 Å². The molecule has 3 aromatic rings. The second-order valence-corrected chi connectivity index (χ2v) is 5.09. The van der Waals surface area contributed by atoms with Gasteiger partial charge in [0.1, 0.15) is 28.1 Å². The van der Waals surface area contributed by atoms with Crippen molar-refractivity contribution >= 4 is 21.9 Å². The molecule has 102 valence electrons. The molecule has 1 aromatic heterocycles. The molecule has 4 heteroatoms. The number of hydrogen-bond acceptors (Lipinski definition) is 4. The molecule has 0 aliphatic heterocycles. The van der Waals surface area contributed by atoms with Crippen LogP contribution in [0, 0.1) is 20.8 Å². The van der Waals surface area contributed by atoms with Crippen molar-refractivity contribution in [3.8, 4) is 11.5 Å². The lowest BCUT2D eigenvalue weighted by Gasteiger charge is -2.10. The van der Waals surface area contributed by atoms with Gasteiger partial charge in [-0.2, -0.15) is 0 Å². The molecule has 2 N–H and O–H groups in total. The Morgan fingerprint density at radius 3 is 2.25 bits per heavy atom. The topological polar surface area (TPSA) is 70.7 Å². The number of fused-ring (bicyclic) bond motifs is 2. The molecule has 3 rings (SSSR count). The van der Waals surface area contributed by atoms with E-state index in [0.717, 1.165) is 22.8 Å². The third-order valence-corrected chi connectivity index (χ3v) is 3.86. The van der Waals surface area contributed by atoms with Crippen molar-refractivity contribution in [2.75, 3.05) is 0 Å². The van der Waals surface area contributed by atoms with Gasteiger partial charge in [0.05, 0.1) is 5.39 Å². The largest absolute Gasteiger partial charge is 0.508 e. The van der Waals surface area contributed by atoms with Crippen LogP contribution < -0.4 is 5.43 Å². The lowest BCUT2D eigenvalue weighted by atomic mass is 9.98.